The zero-order chi connectivity index (χ0) is 13.4. The van der Waals surface area contributed by atoms with Gasteiger partial charge >= 0.3 is 5.97 Å². The lowest BCUT2D eigenvalue weighted by Crippen LogP contribution is -2.40. The van der Waals surface area contributed by atoms with Gasteiger partial charge in [-0.3, -0.25) is 9.59 Å². The number of anilines is 1. The Kier molecular flexibility index (Phi) is 3.06. The highest BCUT2D eigenvalue weighted by molar-refractivity contribution is 6.00. The van der Waals surface area contributed by atoms with E-state index in [-0.39, 0.29) is 5.91 Å². The quantitative estimate of drug-likeness (QED) is 0.676. The fourth-order valence-electron chi connectivity index (χ4n) is 2.06. The third-order valence-corrected chi connectivity index (χ3v) is 3.24. The Balaban J connectivity index is 2.31. The number of carbonyl (C=O) groups is 2. The molecule has 1 aliphatic rings. The molecule has 0 aromatic heterocycles. The second-order valence-electron chi connectivity index (χ2n) is 4.41. The number of likely N-dealkylation sites (N-methyl/N-ethyl adjacent to an activating group) is 1. The Hall–Kier alpha value is -1.92. The highest BCUT2D eigenvalue weighted by atomic mass is 16.4. The maximum absolute atomic E-state index is 11.5. The van der Waals surface area contributed by atoms with Crippen LogP contribution in [0.1, 0.15) is 17.2 Å². The molecule has 0 aliphatic carbocycles. The van der Waals surface area contributed by atoms with Crippen LogP contribution in [0.3, 0.4) is 0 Å². The molecule has 1 amide bonds. The number of hydrogen-bond donors (Lipinski definition) is 3. The van der Waals surface area contributed by atoms with Crippen LogP contribution < -0.4 is 16.4 Å². The molecule has 2 atom stereocenters. The molecule has 18 heavy (non-hydrogen) atoms. The molecule has 1 heterocycles. The molecule has 5 N–H and O–H groups in total. The summed E-state index contributed by atoms with van der Waals surface area (Å²) in [6, 6.07) is 3.29. The minimum atomic E-state index is -1.15. The van der Waals surface area contributed by atoms with E-state index < -0.39 is 18.1 Å². The largest absolute Gasteiger partial charge is 0.480 e. The van der Waals surface area contributed by atoms with Gasteiger partial charge in [0.1, 0.15) is 6.04 Å². The number of rotatable bonds is 3. The number of nitrogens with zero attached hydrogens (tertiary/aromatic N) is 1. The van der Waals surface area contributed by atoms with Crippen LogP contribution in [0.4, 0.5) is 5.69 Å². The molecule has 1 aliphatic heterocycles. The highest BCUT2D eigenvalue weighted by Gasteiger charge is 2.27. The second-order valence-corrected chi connectivity index (χ2v) is 4.41. The van der Waals surface area contributed by atoms with Gasteiger partial charge in [-0.15, -0.1) is 0 Å². The zero-order valence-corrected chi connectivity index (χ0v) is 9.96. The van der Waals surface area contributed by atoms with Crippen LogP contribution in [-0.2, 0) is 16.0 Å². The molecule has 1 aromatic rings. The van der Waals surface area contributed by atoms with Crippen molar-refractivity contribution in [2.24, 2.45) is 11.5 Å². The summed E-state index contributed by atoms with van der Waals surface area (Å²) >= 11 is 0. The lowest BCUT2D eigenvalue weighted by atomic mass is 9.98. The van der Waals surface area contributed by atoms with Gasteiger partial charge in [-0.1, -0.05) is 12.1 Å². The number of carboxylic acid groups (broad SMARTS) is 1. The molecule has 6 heteroatoms. The van der Waals surface area contributed by atoms with Gasteiger partial charge in [-0.25, -0.2) is 0 Å². The molecular weight excluding hydrogens is 234 g/mol. The van der Waals surface area contributed by atoms with Crippen LogP contribution >= 0.6 is 0 Å². The molecule has 0 spiro atoms. The topological polar surface area (TPSA) is 110 Å². The lowest BCUT2D eigenvalue weighted by molar-refractivity contribution is -0.139. The molecule has 2 rings (SSSR count). The minimum absolute atomic E-state index is 0.0123. The SMILES string of the molecule is CN1C(=O)Cc2cc(C(N)C(N)C(=O)O)ccc21. The van der Waals surface area contributed by atoms with Crippen molar-refractivity contribution in [1.29, 1.82) is 0 Å². The molecule has 6 nitrogen and oxygen atoms in total. The van der Waals surface area contributed by atoms with Gasteiger partial charge in [0.05, 0.1) is 12.5 Å². The highest BCUT2D eigenvalue weighted by Crippen LogP contribution is 2.30. The van der Waals surface area contributed by atoms with Crippen molar-refractivity contribution in [2.45, 2.75) is 18.5 Å². The Morgan fingerprint density at radius 1 is 1.44 bits per heavy atom. The van der Waals surface area contributed by atoms with E-state index in [1.54, 1.807) is 30.1 Å². The standard InChI is InChI=1S/C12H15N3O3/c1-15-8-3-2-6(4-7(8)5-9(15)16)10(13)11(14)12(17)18/h2-4,10-11H,5,13-14H2,1H3,(H,17,18). The Bertz CT molecular complexity index is 515. The molecule has 0 fully saturated rings. The third kappa shape index (κ3) is 1.96. The van der Waals surface area contributed by atoms with Crippen LogP contribution in [0, 0.1) is 0 Å². The van der Waals surface area contributed by atoms with Crippen molar-refractivity contribution in [3.63, 3.8) is 0 Å². The maximum atomic E-state index is 11.5. The second kappa shape index (κ2) is 4.40. The average molecular weight is 249 g/mol. The van der Waals surface area contributed by atoms with Crippen LogP contribution in [-0.4, -0.2) is 30.1 Å². The summed E-state index contributed by atoms with van der Waals surface area (Å²) in [6.45, 7) is 0. The molecule has 96 valence electrons. The van der Waals surface area contributed by atoms with Gasteiger partial charge in [0.15, 0.2) is 0 Å². The van der Waals surface area contributed by atoms with Crippen molar-refractivity contribution in [1.82, 2.24) is 0 Å². The number of carbonyl (C=O) groups excluding carboxylic acids is 1. The average Bonchev–Trinajstić information content (AvgIpc) is 2.62. The van der Waals surface area contributed by atoms with Crippen molar-refractivity contribution in [2.75, 3.05) is 11.9 Å². The fraction of sp³-hybridized carbons (Fsp3) is 0.333. The van der Waals surface area contributed by atoms with Crippen LogP contribution in [0.15, 0.2) is 18.2 Å². The Morgan fingerprint density at radius 2 is 2.11 bits per heavy atom. The van der Waals surface area contributed by atoms with Gasteiger partial charge in [-0.2, -0.15) is 0 Å². The van der Waals surface area contributed by atoms with Crippen LogP contribution in [0.25, 0.3) is 0 Å². The Morgan fingerprint density at radius 3 is 2.72 bits per heavy atom. The monoisotopic (exact) mass is 249 g/mol. The molecule has 0 saturated heterocycles. The van der Waals surface area contributed by atoms with Gasteiger partial charge in [-0.05, 0) is 17.2 Å². The Labute approximate surface area is 104 Å². The molecular formula is C12H15N3O3. The lowest BCUT2D eigenvalue weighted by Gasteiger charge is -2.17. The summed E-state index contributed by atoms with van der Waals surface area (Å²) in [5.74, 6) is -1.13. The smallest absolute Gasteiger partial charge is 0.322 e. The van der Waals surface area contributed by atoms with E-state index in [4.69, 9.17) is 16.6 Å². The van der Waals surface area contributed by atoms with Crippen molar-refractivity contribution in [3.8, 4) is 0 Å². The first-order valence-electron chi connectivity index (χ1n) is 5.55. The third-order valence-electron chi connectivity index (χ3n) is 3.24. The summed E-state index contributed by atoms with van der Waals surface area (Å²) in [4.78, 5) is 23.9. The number of hydrogen-bond acceptors (Lipinski definition) is 4. The number of carboxylic acids is 1. The van der Waals surface area contributed by atoms with Gasteiger partial charge in [0.25, 0.3) is 0 Å². The van der Waals surface area contributed by atoms with Gasteiger partial charge < -0.3 is 21.5 Å². The first kappa shape index (κ1) is 12.5. The summed E-state index contributed by atoms with van der Waals surface area (Å²) < 4.78 is 0. The minimum Gasteiger partial charge on any atom is -0.480 e. The predicted molar refractivity (Wildman–Crippen MR) is 66.1 cm³/mol. The van der Waals surface area contributed by atoms with E-state index >= 15 is 0 Å². The van der Waals surface area contributed by atoms with Gasteiger partial charge in [0.2, 0.25) is 5.91 Å². The predicted octanol–water partition coefficient (Wildman–Crippen LogP) is -0.383. The maximum Gasteiger partial charge on any atom is 0.322 e. The first-order valence-corrected chi connectivity index (χ1v) is 5.55. The van der Waals surface area contributed by atoms with Crippen LogP contribution in [0.2, 0.25) is 0 Å². The number of amides is 1. The van der Waals surface area contributed by atoms with E-state index in [0.29, 0.717) is 12.0 Å². The summed E-state index contributed by atoms with van der Waals surface area (Å²) in [5, 5.41) is 8.82. The van der Waals surface area contributed by atoms with Crippen molar-refractivity contribution in [3.05, 3.63) is 29.3 Å². The van der Waals surface area contributed by atoms with Crippen LogP contribution in [0.5, 0.6) is 0 Å². The van der Waals surface area contributed by atoms with E-state index in [1.165, 1.54) is 0 Å². The summed E-state index contributed by atoms with van der Waals surface area (Å²) in [7, 11) is 1.71. The number of fused-ring (bicyclic) bond motifs is 1. The molecule has 2 unspecified atom stereocenters. The molecule has 0 radical (unpaired) electrons. The number of aliphatic carboxylic acids is 1. The normalized spacial score (nSPS) is 17.5. The van der Waals surface area contributed by atoms with E-state index in [9.17, 15) is 9.59 Å². The van der Waals surface area contributed by atoms with E-state index in [0.717, 1.165) is 11.3 Å². The summed E-state index contributed by atoms with van der Waals surface area (Å²) in [5.41, 5.74) is 13.6. The molecule has 0 bridgehead atoms. The molecule has 0 saturated carbocycles. The van der Waals surface area contributed by atoms with Crippen molar-refractivity contribution < 1.29 is 14.7 Å². The zero-order valence-electron chi connectivity index (χ0n) is 9.96. The van der Waals surface area contributed by atoms with Crippen molar-refractivity contribution >= 4 is 17.6 Å². The summed E-state index contributed by atoms with van der Waals surface area (Å²) in [6.07, 6.45) is 0.314. The number of benzene rings is 1. The van der Waals surface area contributed by atoms with Gasteiger partial charge in [0, 0.05) is 12.7 Å². The van der Waals surface area contributed by atoms with E-state index in [1.807, 2.05) is 0 Å². The fourth-order valence-corrected chi connectivity index (χ4v) is 2.06. The first-order chi connectivity index (χ1) is 8.41. The molecule has 1 aromatic carbocycles. The van der Waals surface area contributed by atoms with E-state index in [2.05, 4.69) is 0 Å². The number of nitrogens with two attached hydrogens (primary N) is 2.